The molecule has 0 bridgehead atoms. The number of nitro groups is 2. The molecule has 1 aromatic rings. The number of benzene rings is 1. The first-order valence-corrected chi connectivity index (χ1v) is 4.73. The second-order valence-corrected chi connectivity index (χ2v) is 3.11. The lowest BCUT2D eigenvalue weighted by Gasteiger charge is -2.05. The van der Waals surface area contributed by atoms with Crippen molar-refractivity contribution >= 4 is 17.1 Å². The number of nitrogens with zero attached hydrogens (tertiary/aromatic N) is 2. The molecule has 0 saturated carbocycles. The summed E-state index contributed by atoms with van der Waals surface area (Å²) in [5, 5.41) is 24.1. The molecule has 0 aromatic heterocycles. The van der Waals surface area contributed by atoms with E-state index in [0.717, 1.165) is 6.42 Å². The van der Waals surface area contributed by atoms with Gasteiger partial charge in [0.15, 0.2) is 5.69 Å². The third kappa shape index (κ3) is 2.44. The molecule has 7 heteroatoms. The van der Waals surface area contributed by atoms with Gasteiger partial charge in [0, 0.05) is 18.7 Å². The van der Waals surface area contributed by atoms with Gasteiger partial charge < -0.3 is 5.32 Å². The van der Waals surface area contributed by atoms with E-state index < -0.39 is 9.85 Å². The molecular formula is C9H11N3O4. The van der Waals surface area contributed by atoms with Crippen molar-refractivity contribution in [2.75, 3.05) is 11.9 Å². The molecule has 0 atom stereocenters. The van der Waals surface area contributed by atoms with Gasteiger partial charge in [0.1, 0.15) is 0 Å². The summed E-state index contributed by atoms with van der Waals surface area (Å²) >= 11 is 0. The normalized spacial score (nSPS) is 9.81. The Balaban J connectivity index is 3.23. The first-order valence-electron chi connectivity index (χ1n) is 4.73. The zero-order chi connectivity index (χ0) is 12.1. The van der Waals surface area contributed by atoms with E-state index >= 15 is 0 Å². The van der Waals surface area contributed by atoms with Crippen LogP contribution < -0.4 is 5.32 Å². The van der Waals surface area contributed by atoms with Gasteiger partial charge in [-0.1, -0.05) is 6.92 Å². The highest BCUT2D eigenvalue weighted by molar-refractivity contribution is 5.73. The molecule has 1 aromatic carbocycles. The van der Waals surface area contributed by atoms with Crippen molar-refractivity contribution in [2.45, 2.75) is 13.3 Å². The molecule has 0 amide bonds. The predicted octanol–water partition coefficient (Wildman–Crippen LogP) is 2.32. The standard InChI is InChI=1S/C9H11N3O4/c1-2-6-10-9-7(11(13)14)4-3-5-8(9)12(15)16/h3-5,10H,2,6H2,1H3. The summed E-state index contributed by atoms with van der Waals surface area (Å²) in [5.41, 5.74) is -0.579. The Morgan fingerprint density at radius 3 is 2.06 bits per heavy atom. The molecule has 16 heavy (non-hydrogen) atoms. The van der Waals surface area contributed by atoms with Crippen LogP contribution in [0.1, 0.15) is 13.3 Å². The fraction of sp³-hybridized carbons (Fsp3) is 0.333. The lowest BCUT2D eigenvalue weighted by molar-refractivity contribution is -0.392. The van der Waals surface area contributed by atoms with Crippen molar-refractivity contribution in [1.29, 1.82) is 0 Å². The minimum atomic E-state index is -0.634. The smallest absolute Gasteiger partial charge is 0.299 e. The van der Waals surface area contributed by atoms with E-state index in [9.17, 15) is 20.2 Å². The van der Waals surface area contributed by atoms with Gasteiger partial charge in [-0.3, -0.25) is 20.2 Å². The van der Waals surface area contributed by atoms with E-state index in [1.54, 1.807) is 0 Å². The number of hydrogen-bond acceptors (Lipinski definition) is 5. The summed E-state index contributed by atoms with van der Waals surface area (Å²) in [7, 11) is 0. The lowest BCUT2D eigenvalue weighted by atomic mass is 10.2. The maximum absolute atomic E-state index is 10.7. The molecule has 0 aliphatic rings. The number of nitrogens with one attached hydrogen (secondary N) is 1. The van der Waals surface area contributed by atoms with E-state index in [1.165, 1.54) is 18.2 Å². The minimum Gasteiger partial charge on any atom is -0.374 e. The molecule has 0 unspecified atom stereocenters. The molecule has 0 aliphatic carbocycles. The second-order valence-electron chi connectivity index (χ2n) is 3.11. The molecular weight excluding hydrogens is 214 g/mol. The highest BCUT2D eigenvalue weighted by Gasteiger charge is 2.23. The fourth-order valence-corrected chi connectivity index (χ4v) is 1.26. The zero-order valence-corrected chi connectivity index (χ0v) is 8.67. The van der Waals surface area contributed by atoms with Gasteiger partial charge >= 0.3 is 0 Å². The molecule has 1 rings (SSSR count). The lowest BCUT2D eigenvalue weighted by Crippen LogP contribution is -2.06. The third-order valence-electron chi connectivity index (χ3n) is 1.97. The second kappa shape index (κ2) is 5.06. The average molecular weight is 225 g/mol. The predicted molar refractivity (Wildman–Crippen MR) is 58.5 cm³/mol. The summed E-state index contributed by atoms with van der Waals surface area (Å²) in [6.45, 7) is 2.32. The molecule has 0 radical (unpaired) electrons. The Hall–Kier alpha value is -2.18. The Morgan fingerprint density at radius 1 is 1.19 bits per heavy atom. The maximum Gasteiger partial charge on any atom is 0.299 e. The Morgan fingerprint density at radius 2 is 1.69 bits per heavy atom. The summed E-state index contributed by atoms with van der Waals surface area (Å²) in [5.74, 6) is 0. The maximum atomic E-state index is 10.7. The number of rotatable bonds is 5. The topological polar surface area (TPSA) is 98.3 Å². The van der Waals surface area contributed by atoms with Crippen LogP contribution in [0.5, 0.6) is 0 Å². The van der Waals surface area contributed by atoms with E-state index in [-0.39, 0.29) is 17.1 Å². The molecule has 0 aliphatic heterocycles. The Kier molecular flexibility index (Phi) is 3.76. The number of anilines is 1. The molecule has 0 saturated heterocycles. The van der Waals surface area contributed by atoms with Gasteiger partial charge in [-0.25, -0.2) is 0 Å². The van der Waals surface area contributed by atoms with Crippen molar-refractivity contribution in [3.8, 4) is 0 Å². The quantitative estimate of drug-likeness (QED) is 0.612. The fourth-order valence-electron chi connectivity index (χ4n) is 1.26. The largest absolute Gasteiger partial charge is 0.374 e. The van der Waals surface area contributed by atoms with Crippen molar-refractivity contribution in [1.82, 2.24) is 0 Å². The van der Waals surface area contributed by atoms with Gasteiger partial charge in [-0.2, -0.15) is 0 Å². The van der Waals surface area contributed by atoms with Crippen LogP contribution in [0.15, 0.2) is 18.2 Å². The van der Waals surface area contributed by atoms with Crippen LogP contribution in [0.3, 0.4) is 0 Å². The van der Waals surface area contributed by atoms with Crippen LogP contribution >= 0.6 is 0 Å². The van der Waals surface area contributed by atoms with Crippen LogP contribution in [0, 0.1) is 20.2 Å². The van der Waals surface area contributed by atoms with E-state index in [0.29, 0.717) is 6.54 Å². The summed E-state index contributed by atoms with van der Waals surface area (Å²) in [6, 6.07) is 3.78. The zero-order valence-electron chi connectivity index (χ0n) is 8.67. The highest BCUT2D eigenvalue weighted by atomic mass is 16.6. The van der Waals surface area contributed by atoms with Crippen molar-refractivity contribution < 1.29 is 9.85 Å². The molecule has 0 fully saturated rings. The van der Waals surface area contributed by atoms with Gasteiger partial charge in [0.05, 0.1) is 9.85 Å². The summed E-state index contributed by atoms with van der Waals surface area (Å²) < 4.78 is 0. The van der Waals surface area contributed by atoms with Crippen molar-refractivity contribution in [3.05, 3.63) is 38.4 Å². The van der Waals surface area contributed by atoms with Gasteiger partial charge in [-0.05, 0) is 12.5 Å². The van der Waals surface area contributed by atoms with E-state index in [4.69, 9.17) is 0 Å². The monoisotopic (exact) mass is 225 g/mol. The van der Waals surface area contributed by atoms with Crippen LogP contribution in [0.25, 0.3) is 0 Å². The summed E-state index contributed by atoms with van der Waals surface area (Å²) in [4.78, 5) is 20.1. The molecule has 86 valence electrons. The molecule has 1 N–H and O–H groups in total. The summed E-state index contributed by atoms with van der Waals surface area (Å²) in [6.07, 6.45) is 0.725. The molecule has 0 spiro atoms. The van der Waals surface area contributed by atoms with Gasteiger partial charge in [-0.15, -0.1) is 0 Å². The highest BCUT2D eigenvalue weighted by Crippen LogP contribution is 2.33. The SMILES string of the molecule is CCCNc1c([N+](=O)[O-])cccc1[N+](=O)[O-]. The Bertz CT molecular complexity index is 387. The average Bonchev–Trinajstić information content (AvgIpc) is 2.25. The van der Waals surface area contributed by atoms with E-state index in [1.807, 2.05) is 6.92 Å². The van der Waals surface area contributed by atoms with Gasteiger partial charge in [0.2, 0.25) is 0 Å². The van der Waals surface area contributed by atoms with Crippen LogP contribution in [0.4, 0.5) is 17.1 Å². The Labute approximate surface area is 91.4 Å². The van der Waals surface area contributed by atoms with Crippen molar-refractivity contribution in [3.63, 3.8) is 0 Å². The first-order chi connectivity index (χ1) is 7.57. The van der Waals surface area contributed by atoms with Gasteiger partial charge in [0.25, 0.3) is 11.4 Å². The first kappa shape index (κ1) is 11.9. The van der Waals surface area contributed by atoms with Crippen molar-refractivity contribution in [2.24, 2.45) is 0 Å². The number of para-hydroxylation sites is 1. The van der Waals surface area contributed by atoms with Crippen LogP contribution in [0.2, 0.25) is 0 Å². The minimum absolute atomic E-state index is 0.0284. The third-order valence-corrected chi connectivity index (χ3v) is 1.97. The van der Waals surface area contributed by atoms with E-state index in [2.05, 4.69) is 5.32 Å². The number of nitro benzene ring substituents is 2. The molecule has 7 nitrogen and oxygen atoms in total. The molecule has 0 heterocycles. The van der Waals surface area contributed by atoms with Crippen LogP contribution in [-0.2, 0) is 0 Å². The van der Waals surface area contributed by atoms with Crippen LogP contribution in [-0.4, -0.2) is 16.4 Å². The number of hydrogen-bond donors (Lipinski definition) is 1.